The summed E-state index contributed by atoms with van der Waals surface area (Å²) >= 11 is 0. The standard InChI is InChI=1S/C19H17N3O2/c1-21-14-9-5-6-10-15(14)22-12-11-16(23)17(19(21)22)18(24)20-13-7-3-2-4-8-13/h2-10H,11-12H2,1H3,(H,20,24). The van der Waals surface area contributed by atoms with Gasteiger partial charge in [0, 0.05) is 25.7 Å². The van der Waals surface area contributed by atoms with Crippen molar-refractivity contribution in [2.24, 2.45) is 0 Å². The molecule has 0 atom stereocenters. The Balaban J connectivity index is 1.77. The van der Waals surface area contributed by atoms with Gasteiger partial charge in [-0.3, -0.25) is 9.59 Å². The molecule has 0 spiro atoms. The van der Waals surface area contributed by atoms with Crippen molar-refractivity contribution in [3.8, 4) is 0 Å². The molecule has 0 fully saturated rings. The molecule has 120 valence electrons. The van der Waals surface area contributed by atoms with E-state index in [-0.39, 0.29) is 17.3 Å². The number of amides is 1. The zero-order chi connectivity index (χ0) is 16.7. The second kappa shape index (κ2) is 5.53. The SMILES string of the molecule is CN1C2=C(C(=O)Nc3ccccc3)C(=O)CCN2c2ccccc21. The van der Waals surface area contributed by atoms with Crippen LogP contribution in [0.3, 0.4) is 0 Å². The van der Waals surface area contributed by atoms with Crippen molar-refractivity contribution in [2.75, 3.05) is 28.7 Å². The van der Waals surface area contributed by atoms with E-state index in [1.165, 1.54) is 0 Å². The maximum absolute atomic E-state index is 12.8. The second-order valence-electron chi connectivity index (χ2n) is 5.89. The van der Waals surface area contributed by atoms with Gasteiger partial charge in [0.25, 0.3) is 5.91 Å². The molecule has 4 rings (SSSR count). The molecule has 1 N–H and O–H groups in total. The maximum Gasteiger partial charge on any atom is 0.263 e. The quantitative estimate of drug-likeness (QED) is 0.865. The van der Waals surface area contributed by atoms with E-state index in [9.17, 15) is 9.59 Å². The Morgan fingerprint density at radius 1 is 1.00 bits per heavy atom. The molecule has 2 aromatic carbocycles. The number of Topliss-reactive ketones (excluding diaryl/α,β-unsaturated/α-hetero) is 1. The molecule has 0 saturated carbocycles. The van der Waals surface area contributed by atoms with E-state index in [0.717, 1.165) is 11.4 Å². The molecule has 2 aromatic rings. The van der Waals surface area contributed by atoms with Crippen molar-refractivity contribution in [1.29, 1.82) is 0 Å². The van der Waals surface area contributed by atoms with E-state index < -0.39 is 0 Å². The Kier molecular flexibility index (Phi) is 3.34. The van der Waals surface area contributed by atoms with Crippen LogP contribution in [0.1, 0.15) is 6.42 Å². The average Bonchev–Trinajstić information content (AvgIpc) is 2.89. The van der Waals surface area contributed by atoms with Crippen LogP contribution in [-0.2, 0) is 9.59 Å². The van der Waals surface area contributed by atoms with Crippen LogP contribution in [0.5, 0.6) is 0 Å². The number of rotatable bonds is 2. The van der Waals surface area contributed by atoms with E-state index in [4.69, 9.17) is 0 Å². The molecule has 2 aliphatic heterocycles. The minimum absolute atomic E-state index is 0.116. The largest absolute Gasteiger partial charge is 0.328 e. The summed E-state index contributed by atoms with van der Waals surface area (Å²) in [5.41, 5.74) is 2.95. The van der Waals surface area contributed by atoms with Gasteiger partial charge in [-0.2, -0.15) is 0 Å². The van der Waals surface area contributed by atoms with Gasteiger partial charge in [-0.25, -0.2) is 0 Å². The zero-order valence-electron chi connectivity index (χ0n) is 13.3. The molecule has 0 saturated heterocycles. The highest BCUT2D eigenvalue weighted by molar-refractivity contribution is 6.25. The molecule has 0 radical (unpaired) electrons. The Labute approximate surface area is 140 Å². The minimum atomic E-state index is -0.356. The molecule has 0 unspecified atom stereocenters. The van der Waals surface area contributed by atoms with E-state index in [2.05, 4.69) is 10.2 Å². The number of hydrogen-bond acceptors (Lipinski definition) is 4. The van der Waals surface area contributed by atoms with Gasteiger partial charge in [0.1, 0.15) is 11.4 Å². The predicted molar refractivity (Wildman–Crippen MR) is 93.9 cm³/mol. The van der Waals surface area contributed by atoms with Crippen LogP contribution in [0.2, 0.25) is 0 Å². The summed E-state index contributed by atoms with van der Waals surface area (Å²) < 4.78 is 0. The van der Waals surface area contributed by atoms with Gasteiger partial charge >= 0.3 is 0 Å². The normalized spacial score (nSPS) is 16.1. The number of nitrogens with zero attached hydrogens (tertiary/aromatic N) is 2. The first-order valence-corrected chi connectivity index (χ1v) is 7.91. The van der Waals surface area contributed by atoms with Gasteiger partial charge in [0.05, 0.1) is 11.4 Å². The molecule has 5 heteroatoms. The summed E-state index contributed by atoms with van der Waals surface area (Å²) in [6.45, 7) is 0.595. The van der Waals surface area contributed by atoms with Crippen LogP contribution in [0, 0.1) is 0 Å². The third kappa shape index (κ3) is 2.17. The fourth-order valence-electron chi connectivity index (χ4n) is 3.32. The van der Waals surface area contributed by atoms with E-state index in [0.29, 0.717) is 24.5 Å². The molecular formula is C19H17N3O2. The van der Waals surface area contributed by atoms with Crippen LogP contribution < -0.4 is 15.1 Å². The zero-order valence-corrected chi connectivity index (χ0v) is 13.3. The summed E-state index contributed by atoms with van der Waals surface area (Å²) in [4.78, 5) is 29.2. The number of anilines is 3. The van der Waals surface area contributed by atoms with E-state index in [1.54, 1.807) is 12.1 Å². The minimum Gasteiger partial charge on any atom is -0.328 e. The van der Waals surface area contributed by atoms with Gasteiger partial charge in [-0.15, -0.1) is 0 Å². The van der Waals surface area contributed by atoms with Gasteiger partial charge in [0.2, 0.25) is 0 Å². The monoisotopic (exact) mass is 319 g/mol. The summed E-state index contributed by atoms with van der Waals surface area (Å²) in [6.07, 6.45) is 0.337. The summed E-state index contributed by atoms with van der Waals surface area (Å²) in [5, 5.41) is 2.83. The number of nitrogens with one attached hydrogen (secondary N) is 1. The number of benzene rings is 2. The number of ketones is 1. The molecule has 2 heterocycles. The van der Waals surface area contributed by atoms with Gasteiger partial charge in [-0.1, -0.05) is 30.3 Å². The van der Waals surface area contributed by atoms with Crippen molar-refractivity contribution < 1.29 is 9.59 Å². The van der Waals surface area contributed by atoms with Crippen molar-refractivity contribution in [3.05, 3.63) is 66.0 Å². The Bertz CT molecular complexity index is 858. The molecule has 0 aromatic heterocycles. The summed E-state index contributed by atoms with van der Waals surface area (Å²) in [6, 6.07) is 17.1. The number of hydrogen-bond donors (Lipinski definition) is 1. The van der Waals surface area contributed by atoms with Crippen LogP contribution >= 0.6 is 0 Å². The number of carbonyl (C=O) groups excluding carboxylic acids is 2. The van der Waals surface area contributed by atoms with Crippen LogP contribution in [0.4, 0.5) is 17.1 Å². The molecule has 5 nitrogen and oxygen atoms in total. The van der Waals surface area contributed by atoms with Crippen LogP contribution in [0.15, 0.2) is 66.0 Å². The van der Waals surface area contributed by atoms with Gasteiger partial charge < -0.3 is 15.1 Å². The lowest BCUT2D eigenvalue weighted by Crippen LogP contribution is -2.39. The highest BCUT2D eigenvalue weighted by atomic mass is 16.2. The molecule has 1 amide bonds. The Morgan fingerprint density at radius 3 is 2.42 bits per heavy atom. The summed E-state index contributed by atoms with van der Waals surface area (Å²) in [7, 11) is 1.89. The smallest absolute Gasteiger partial charge is 0.263 e. The number of fused-ring (bicyclic) bond motifs is 3. The first-order valence-electron chi connectivity index (χ1n) is 7.91. The van der Waals surface area contributed by atoms with Crippen molar-refractivity contribution in [3.63, 3.8) is 0 Å². The highest BCUT2D eigenvalue weighted by Crippen LogP contribution is 2.43. The lowest BCUT2D eigenvalue weighted by Gasteiger charge is -2.29. The number of carbonyl (C=O) groups is 2. The van der Waals surface area contributed by atoms with Crippen molar-refractivity contribution in [2.45, 2.75) is 6.42 Å². The van der Waals surface area contributed by atoms with Crippen LogP contribution in [0.25, 0.3) is 0 Å². The van der Waals surface area contributed by atoms with E-state index >= 15 is 0 Å². The topological polar surface area (TPSA) is 52.7 Å². The fourth-order valence-corrected chi connectivity index (χ4v) is 3.32. The first-order chi connectivity index (χ1) is 11.7. The maximum atomic E-state index is 12.8. The number of para-hydroxylation sites is 3. The molecule has 0 aliphatic carbocycles. The van der Waals surface area contributed by atoms with Crippen molar-refractivity contribution >= 4 is 28.8 Å². The third-order valence-electron chi connectivity index (χ3n) is 4.43. The first kappa shape index (κ1) is 14.5. The van der Waals surface area contributed by atoms with E-state index in [1.807, 2.05) is 54.4 Å². The van der Waals surface area contributed by atoms with Crippen molar-refractivity contribution in [1.82, 2.24) is 0 Å². The lowest BCUT2D eigenvalue weighted by molar-refractivity contribution is -0.120. The molecular weight excluding hydrogens is 302 g/mol. The highest BCUT2D eigenvalue weighted by Gasteiger charge is 2.39. The Hall–Kier alpha value is -3.08. The molecule has 2 aliphatic rings. The predicted octanol–water partition coefficient (Wildman–Crippen LogP) is 2.77. The van der Waals surface area contributed by atoms with Crippen LogP contribution in [-0.4, -0.2) is 25.3 Å². The second-order valence-corrected chi connectivity index (χ2v) is 5.89. The average molecular weight is 319 g/mol. The molecule has 24 heavy (non-hydrogen) atoms. The fraction of sp³-hybridized carbons (Fsp3) is 0.158. The molecule has 0 bridgehead atoms. The van der Waals surface area contributed by atoms with Gasteiger partial charge in [0.15, 0.2) is 5.78 Å². The Morgan fingerprint density at radius 2 is 1.67 bits per heavy atom. The summed E-state index contributed by atoms with van der Waals surface area (Å²) in [5.74, 6) is 0.195. The lowest BCUT2D eigenvalue weighted by atomic mass is 10.0. The van der Waals surface area contributed by atoms with Gasteiger partial charge in [-0.05, 0) is 24.3 Å². The third-order valence-corrected chi connectivity index (χ3v) is 4.43.